The molecule has 0 aliphatic rings. The van der Waals surface area contributed by atoms with Crippen LogP contribution < -0.4 is 0 Å². The van der Waals surface area contributed by atoms with Crippen LogP contribution in [0.25, 0.3) is 295 Å². The van der Waals surface area contributed by atoms with Crippen molar-refractivity contribution < 1.29 is 46.1 Å². The van der Waals surface area contributed by atoms with Gasteiger partial charge < -0.3 is 13.3 Å². The van der Waals surface area contributed by atoms with Gasteiger partial charge in [0.2, 0.25) is 0 Å². The summed E-state index contributed by atoms with van der Waals surface area (Å²) in [6.07, 6.45) is 0. The van der Waals surface area contributed by atoms with Crippen LogP contribution in [0.1, 0.15) is 32.9 Å². The highest BCUT2D eigenvalue weighted by atomic mass is 16.3. The Morgan fingerprint density at radius 3 is 0.823 bits per heavy atom. The maximum atomic E-state index is 9.40. The van der Waals surface area contributed by atoms with Crippen LogP contribution >= 0.6 is 0 Å². The van der Waals surface area contributed by atoms with E-state index >= 15 is 0 Å². The van der Waals surface area contributed by atoms with Crippen molar-refractivity contribution in [2.75, 3.05) is 0 Å². The molecule has 3 nitrogen and oxygen atoms in total. The highest BCUT2D eigenvalue weighted by Gasteiger charge is 2.25. The molecule has 0 aliphatic carbocycles. The molecule has 654 valence electrons. The lowest BCUT2D eigenvalue weighted by Crippen LogP contribution is -1.91. The number of fused-ring (bicyclic) bond motifs is 24. The highest BCUT2D eigenvalue weighted by molar-refractivity contribution is 6.27. The van der Waals surface area contributed by atoms with Crippen LogP contribution in [0.4, 0.5) is 0 Å². The third-order valence-electron chi connectivity index (χ3n) is 27.9. The molecule has 0 unspecified atom stereocenters. The molecule has 3 heterocycles. The van der Waals surface area contributed by atoms with Gasteiger partial charge in [-0.1, -0.05) is 442 Å². The number of furan rings is 3. The van der Waals surface area contributed by atoms with Crippen molar-refractivity contribution in [3.63, 3.8) is 0 Å². The monoisotopic (exact) mass is 1810 g/mol. The second-order valence-electron chi connectivity index (χ2n) is 35.5. The average molecular weight is 1810 g/mol. The summed E-state index contributed by atoms with van der Waals surface area (Å²) in [5.74, 6) is 0. The number of benzene rings is 27. The lowest BCUT2D eigenvalue weighted by molar-refractivity contribution is 0.668. The second kappa shape index (κ2) is 33.2. The van der Waals surface area contributed by atoms with Gasteiger partial charge in [0.15, 0.2) is 0 Å². The molecule has 0 radical (unpaired) electrons. The van der Waals surface area contributed by atoms with E-state index < -0.39 is 72.5 Å². The minimum absolute atomic E-state index is 0.173. The fourth-order valence-corrected chi connectivity index (χ4v) is 21.6. The van der Waals surface area contributed by atoms with Crippen LogP contribution in [0, 0.1) is 0 Å². The summed E-state index contributed by atoms with van der Waals surface area (Å²) < 4.78 is 236. The van der Waals surface area contributed by atoms with Crippen molar-refractivity contribution in [3.05, 3.63) is 509 Å². The Morgan fingerprint density at radius 1 is 0.128 bits per heavy atom. The molecule has 0 atom stereocenters. The third kappa shape index (κ3) is 13.4. The second-order valence-corrected chi connectivity index (χ2v) is 35.5. The average Bonchev–Trinajstić information content (AvgIpc) is 1.25. The Hall–Kier alpha value is -18.5. The van der Waals surface area contributed by atoms with E-state index in [2.05, 4.69) is 103 Å². The van der Waals surface area contributed by atoms with Crippen LogP contribution in [0.2, 0.25) is 0 Å². The topological polar surface area (TPSA) is 39.4 Å². The summed E-state index contributed by atoms with van der Waals surface area (Å²) in [6, 6.07) is 109. The van der Waals surface area contributed by atoms with Gasteiger partial charge in [0.05, 0.1) is 32.9 Å². The first-order chi connectivity index (χ1) is 79.9. The van der Waals surface area contributed by atoms with Gasteiger partial charge in [-0.3, -0.25) is 0 Å². The maximum Gasteiger partial charge on any atom is 0.135 e. The Morgan fingerprint density at radius 2 is 0.390 bits per heavy atom. The molecule has 27 aromatic carbocycles. The summed E-state index contributed by atoms with van der Waals surface area (Å²) in [4.78, 5) is 0. The predicted octanol–water partition coefficient (Wildman–Crippen LogP) is 39.6. The van der Waals surface area contributed by atoms with Gasteiger partial charge in [-0.05, 0) is 296 Å². The zero-order chi connectivity index (χ0) is 114. The molecule has 0 spiro atoms. The minimum atomic E-state index is -0.434. The summed E-state index contributed by atoms with van der Waals surface area (Å²) in [5.41, 5.74) is 14.8. The lowest BCUT2D eigenvalue weighted by atomic mass is 9.85. The zero-order valence-corrected chi connectivity index (χ0v) is 74.9. The molecule has 3 heteroatoms. The molecule has 141 heavy (non-hydrogen) atoms. The quantitative estimate of drug-likeness (QED) is 0.107. The molecule has 0 amide bonds. The SMILES string of the molecule is [2H]c1c([2H])c([2H])c2c(-c3ccc4oc5ccccc5c4c3)c3c([2H])c([2H])c([2H])c([2H])c3c(-c3ccc(-c4cc5ccccc5c5ccccc45)cc3)c2c1[2H].[2H]c1c([2H])c([2H])c2c(-c3ccc4oc5ccccc5c4c3)c3c([2H])c([2H])c([2H])c([2H])c3c(-c3ccc(-c4cccc5c4ccc4ccccc45)cc3)c2c1[2H].[2H]c1c([2H])c([2H])c2c(-c3ccc4oc5ccccc5c4c3)c3c([2H])c([2H])c([2H])c([2H])c3c(-c3cccc(-c4cccc5ccc6ccccc6c45)c3)c2c1[2H]. The van der Waals surface area contributed by atoms with E-state index in [9.17, 15) is 16.4 Å². The number of hydrogen-bond acceptors (Lipinski definition) is 3. The summed E-state index contributed by atoms with van der Waals surface area (Å²) in [7, 11) is 0. The molecule has 0 saturated heterocycles. The van der Waals surface area contributed by atoms with Crippen LogP contribution in [0.15, 0.2) is 522 Å². The number of hydrogen-bond donors (Lipinski definition) is 0. The molecule has 0 bridgehead atoms. The van der Waals surface area contributed by atoms with Gasteiger partial charge >= 0.3 is 0 Å². The molecular weight excluding hydrogens is 1710 g/mol. The number of rotatable bonds is 9. The Bertz CT molecular complexity index is 11700. The first kappa shape index (κ1) is 60.0. The van der Waals surface area contributed by atoms with Crippen molar-refractivity contribution in [1.82, 2.24) is 0 Å². The first-order valence-corrected chi connectivity index (χ1v) is 46.6. The molecule has 30 aromatic rings. The molecule has 3 aromatic heterocycles. The largest absolute Gasteiger partial charge is 0.456 e. The van der Waals surface area contributed by atoms with Gasteiger partial charge in [-0.2, -0.15) is 0 Å². The number of para-hydroxylation sites is 3. The van der Waals surface area contributed by atoms with E-state index in [0.29, 0.717) is 100 Å². The van der Waals surface area contributed by atoms with Crippen molar-refractivity contribution >= 4 is 195 Å². The lowest BCUT2D eigenvalue weighted by Gasteiger charge is -2.18. The van der Waals surface area contributed by atoms with Gasteiger partial charge in [-0.15, -0.1) is 0 Å². The Kier molecular flexibility index (Phi) is 14.1. The first-order valence-electron chi connectivity index (χ1n) is 58.6. The smallest absolute Gasteiger partial charge is 0.135 e. The van der Waals surface area contributed by atoms with E-state index in [0.717, 1.165) is 130 Å². The standard InChI is InChI=1S/3C46H28O/c1-2-15-34-29(11-1)23-24-30-12-10-21-35(44(30)34)31-13-9-14-32(27-31)45-37-17-3-5-19-39(37)46(40-20-6-4-18-38(40)45)33-25-26-43-41(28-33)36-16-7-8-22-42(36)47-43;1-2-11-33-29(10-1)24-26-36-34(17-9-18-35(33)36)30-20-22-31(23-21-30)45-38-13-3-5-15-40(38)46(41-16-6-4-14-39(41)45)32-25-27-44-42(28-32)37-12-7-8-19-43(37)47-44;1-2-12-33-31(11-1)27-41(35-14-4-3-13-34(33)35)29-21-23-30(24-22-29)45-37-16-5-7-18-39(37)46(40-19-8-6-17-38(40)45)32-25-26-44-42(28-32)36-15-9-10-20-43(36)47-44/h3*1-28H/i3D,4D,5D,6D,17D,18D,19D,20D;3D,4D,5D,6D,13D,14D,15D,16D;5D,6D,7D,8D,16D,17D,18D,19D. The zero-order valence-electron chi connectivity index (χ0n) is 98.9. The molecule has 0 saturated carbocycles. The van der Waals surface area contributed by atoms with Crippen LogP contribution in [0.3, 0.4) is 0 Å². The third-order valence-corrected chi connectivity index (χ3v) is 27.9. The Balaban J connectivity index is 0.000000116. The normalized spacial score (nSPS) is 14.2. The van der Waals surface area contributed by atoms with E-state index in [1.807, 2.05) is 224 Å². The highest BCUT2D eigenvalue weighted by Crippen LogP contribution is 2.52. The van der Waals surface area contributed by atoms with Gasteiger partial charge in [0, 0.05) is 32.3 Å². The van der Waals surface area contributed by atoms with E-state index in [4.69, 9.17) is 29.7 Å². The van der Waals surface area contributed by atoms with Gasteiger partial charge in [0.1, 0.15) is 33.5 Å². The summed E-state index contributed by atoms with van der Waals surface area (Å²) >= 11 is 0. The molecule has 0 aliphatic heterocycles. The fourth-order valence-electron chi connectivity index (χ4n) is 21.6. The van der Waals surface area contributed by atoms with Crippen molar-refractivity contribution in [3.8, 4) is 100 Å². The molecule has 0 N–H and O–H groups in total. The van der Waals surface area contributed by atoms with Gasteiger partial charge in [0.25, 0.3) is 0 Å². The molecular formula is C138H84O3. The van der Waals surface area contributed by atoms with E-state index in [1.54, 1.807) is 36.4 Å². The van der Waals surface area contributed by atoms with Crippen molar-refractivity contribution in [2.24, 2.45) is 0 Å². The molecule has 0 fully saturated rings. The van der Waals surface area contributed by atoms with Gasteiger partial charge in [-0.25, -0.2) is 0 Å². The van der Waals surface area contributed by atoms with Crippen molar-refractivity contribution in [1.29, 1.82) is 0 Å². The summed E-state index contributed by atoms with van der Waals surface area (Å²) in [6.45, 7) is 0. The predicted molar refractivity (Wildman–Crippen MR) is 600 cm³/mol. The summed E-state index contributed by atoms with van der Waals surface area (Å²) in [5, 5.41) is 20.3. The van der Waals surface area contributed by atoms with Crippen molar-refractivity contribution in [2.45, 2.75) is 0 Å². The minimum Gasteiger partial charge on any atom is -0.456 e. The van der Waals surface area contributed by atoms with E-state index in [-0.39, 0.29) is 137 Å². The van der Waals surface area contributed by atoms with Crippen LogP contribution in [0.5, 0.6) is 0 Å². The molecule has 30 rings (SSSR count). The Labute approximate surface area is 845 Å². The van der Waals surface area contributed by atoms with Crippen LogP contribution in [-0.2, 0) is 0 Å². The maximum absolute atomic E-state index is 9.40. The van der Waals surface area contributed by atoms with E-state index in [1.165, 1.54) is 0 Å². The fraction of sp³-hybridized carbons (Fsp3) is 0. The van der Waals surface area contributed by atoms with Crippen LogP contribution in [-0.4, -0.2) is 0 Å².